The van der Waals surface area contributed by atoms with Crippen LogP contribution < -0.4 is 5.73 Å². The van der Waals surface area contributed by atoms with E-state index in [0.29, 0.717) is 6.54 Å². The first-order chi connectivity index (χ1) is 9.90. The molecule has 3 rings (SSSR count). The molecule has 0 amide bonds. The molecule has 3 aromatic rings. The standard InChI is InChI=1S/C18H16N2/c19-13-17-18(15-9-5-2-6-10-15)16(11-12-20-17)14-7-3-1-4-8-14/h1-12H,13,19H2. The van der Waals surface area contributed by atoms with Crippen molar-refractivity contribution in [3.63, 3.8) is 0 Å². The van der Waals surface area contributed by atoms with Crippen molar-refractivity contribution in [2.24, 2.45) is 5.73 Å². The average molecular weight is 260 g/mol. The molecule has 1 aromatic heterocycles. The van der Waals surface area contributed by atoms with Gasteiger partial charge in [0.1, 0.15) is 0 Å². The van der Waals surface area contributed by atoms with E-state index in [2.05, 4.69) is 35.3 Å². The second-order valence-corrected chi connectivity index (χ2v) is 4.62. The Kier molecular flexibility index (Phi) is 3.57. The van der Waals surface area contributed by atoms with Crippen LogP contribution in [0.4, 0.5) is 0 Å². The third kappa shape index (κ3) is 2.33. The molecular formula is C18H16N2. The minimum Gasteiger partial charge on any atom is -0.325 e. The van der Waals surface area contributed by atoms with Crippen LogP contribution in [0.2, 0.25) is 0 Å². The lowest BCUT2D eigenvalue weighted by atomic mass is 9.93. The Balaban J connectivity index is 2.26. The topological polar surface area (TPSA) is 38.9 Å². The summed E-state index contributed by atoms with van der Waals surface area (Å²) in [5.74, 6) is 0. The number of hydrogen-bond donors (Lipinski definition) is 1. The molecule has 0 bridgehead atoms. The molecule has 0 aliphatic heterocycles. The average Bonchev–Trinajstić information content (AvgIpc) is 2.55. The molecule has 0 aliphatic carbocycles. The van der Waals surface area contributed by atoms with Crippen molar-refractivity contribution in [1.82, 2.24) is 4.98 Å². The molecule has 0 saturated carbocycles. The third-order valence-electron chi connectivity index (χ3n) is 3.37. The maximum Gasteiger partial charge on any atom is 0.0623 e. The molecule has 0 aliphatic rings. The Hall–Kier alpha value is -2.45. The van der Waals surface area contributed by atoms with Gasteiger partial charge in [-0.1, -0.05) is 60.7 Å². The van der Waals surface area contributed by atoms with Gasteiger partial charge < -0.3 is 5.73 Å². The zero-order valence-electron chi connectivity index (χ0n) is 11.2. The van der Waals surface area contributed by atoms with E-state index >= 15 is 0 Å². The van der Waals surface area contributed by atoms with E-state index in [1.807, 2.05) is 42.6 Å². The van der Waals surface area contributed by atoms with Crippen molar-refractivity contribution >= 4 is 0 Å². The lowest BCUT2D eigenvalue weighted by Gasteiger charge is -2.13. The van der Waals surface area contributed by atoms with Crippen molar-refractivity contribution in [3.05, 3.63) is 78.6 Å². The Morgan fingerprint density at radius 3 is 1.95 bits per heavy atom. The highest BCUT2D eigenvalue weighted by molar-refractivity contribution is 5.84. The lowest BCUT2D eigenvalue weighted by molar-refractivity contribution is 0.995. The van der Waals surface area contributed by atoms with Crippen LogP contribution in [-0.2, 0) is 6.54 Å². The van der Waals surface area contributed by atoms with Crippen LogP contribution in [0.1, 0.15) is 5.69 Å². The summed E-state index contributed by atoms with van der Waals surface area (Å²) in [5.41, 5.74) is 11.4. The molecule has 0 radical (unpaired) electrons. The van der Waals surface area contributed by atoms with Gasteiger partial charge in [-0.25, -0.2) is 0 Å². The van der Waals surface area contributed by atoms with Gasteiger partial charge in [0.05, 0.1) is 5.69 Å². The van der Waals surface area contributed by atoms with Gasteiger partial charge in [-0.15, -0.1) is 0 Å². The predicted molar refractivity (Wildman–Crippen MR) is 83.0 cm³/mol. The van der Waals surface area contributed by atoms with Crippen molar-refractivity contribution in [2.45, 2.75) is 6.54 Å². The molecule has 98 valence electrons. The summed E-state index contributed by atoms with van der Waals surface area (Å²) in [6.07, 6.45) is 1.83. The monoisotopic (exact) mass is 260 g/mol. The fourth-order valence-corrected chi connectivity index (χ4v) is 2.45. The van der Waals surface area contributed by atoms with Crippen molar-refractivity contribution in [2.75, 3.05) is 0 Å². The van der Waals surface area contributed by atoms with Gasteiger partial charge in [-0.05, 0) is 22.8 Å². The Morgan fingerprint density at radius 2 is 1.35 bits per heavy atom. The number of aromatic nitrogens is 1. The molecule has 0 unspecified atom stereocenters. The van der Waals surface area contributed by atoms with Crippen LogP contribution in [0, 0.1) is 0 Å². The summed E-state index contributed by atoms with van der Waals surface area (Å²) in [6.45, 7) is 0.435. The van der Waals surface area contributed by atoms with Crippen LogP contribution in [-0.4, -0.2) is 4.98 Å². The van der Waals surface area contributed by atoms with Gasteiger partial charge in [0.2, 0.25) is 0 Å². The van der Waals surface area contributed by atoms with E-state index in [9.17, 15) is 0 Å². The highest BCUT2D eigenvalue weighted by Crippen LogP contribution is 2.33. The SMILES string of the molecule is NCc1nccc(-c2ccccc2)c1-c1ccccc1. The van der Waals surface area contributed by atoms with Crippen molar-refractivity contribution in [3.8, 4) is 22.3 Å². The molecule has 0 fully saturated rings. The molecular weight excluding hydrogens is 244 g/mol. The summed E-state index contributed by atoms with van der Waals surface area (Å²) >= 11 is 0. The Labute approximate surface area is 118 Å². The van der Waals surface area contributed by atoms with Gasteiger partial charge in [0.15, 0.2) is 0 Å². The smallest absolute Gasteiger partial charge is 0.0623 e. The zero-order valence-corrected chi connectivity index (χ0v) is 11.2. The number of rotatable bonds is 3. The van der Waals surface area contributed by atoms with Crippen LogP contribution in [0.5, 0.6) is 0 Å². The van der Waals surface area contributed by atoms with Crippen molar-refractivity contribution < 1.29 is 0 Å². The minimum absolute atomic E-state index is 0.435. The maximum atomic E-state index is 5.87. The third-order valence-corrected chi connectivity index (χ3v) is 3.37. The summed E-state index contributed by atoms with van der Waals surface area (Å²) in [6, 6.07) is 22.7. The number of nitrogens with two attached hydrogens (primary N) is 1. The molecule has 2 heteroatoms. The number of pyridine rings is 1. The summed E-state index contributed by atoms with van der Waals surface area (Å²) in [4.78, 5) is 4.43. The second-order valence-electron chi connectivity index (χ2n) is 4.62. The van der Waals surface area contributed by atoms with Crippen LogP contribution in [0.25, 0.3) is 22.3 Å². The van der Waals surface area contributed by atoms with Crippen LogP contribution in [0.3, 0.4) is 0 Å². The minimum atomic E-state index is 0.435. The summed E-state index contributed by atoms with van der Waals surface area (Å²) < 4.78 is 0. The largest absolute Gasteiger partial charge is 0.325 e. The highest BCUT2D eigenvalue weighted by atomic mass is 14.7. The van der Waals surface area contributed by atoms with E-state index in [1.165, 1.54) is 11.1 Å². The summed E-state index contributed by atoms with van der Waals surface area (Å²) in [7, 11) is 0. The van der Waals surface area contributed by atoms with Crippen molar-refractivity contribution in [1.29, 1.82) is 0 Å². The van der Waals surface area contributed by atoms with Gasteiger partial charge >= 0.3 is 0 Å². The number of benzene rings is 2. The quantitative estimate of drug-likeness (QED) is 0.776. The molecule has 2 nitrogen and oxygen atoms in total. The van der Waals surface area contributed by atoms with E-state index in [1.54, 1.807) is 0 Å². The normalized spacial score (nSPS) is 10.4. The van der Waals surface area contributed by atoms with E-state index in [-0.39, 0.29) is 0 Å². The van der Waals surface area contributed by atoms with Crippen LogP contribution in [0.15, 0.2) is 72.9 Å². The van der Waals surface area contributed by atoms with Gasteiger partial charge in [0, 0.05) is 18.3 Å². The van der Waals surface area contributed by atoms with E-state index in [4.69, 9.17) is 5.73 Å². The van der Waals surface area contributed by atoms with Gasteiger partial charge in [-0.3, -0.25) is 4.98 Å². The molecule has 1 heterocycles. The number of hydrogen-bond acceptors (Lipinski definition) is 2. The number of nitrogens with zero attached hydrogens (tertiary/aromatic N) is 1. The lowest BCUT2D eigenvalue weighted by Crippen LogP contribution is -2.03. The highest BCUT2D eigenvalue weighted by Gasteiger charge is 2.12. The van der Waals surface area contributed by atoms with Gasteiger partial charge in [0.25, 0.3) is 0 Å². The molecule has 0 spiro atoms. The maximum absolute atomic E-state index is 5.87. The molecule has 20 heavy (non-hydrogen) atoms. The molecule has 2 aromatic carbocycles. The first kappa shape index (κ1) is 12.6. The fraction of sp³-hybridized carbons (Fsp3) is 0.0556. The Morgan fingerprint density at radius 1 is 0.750 bits per heavy atom. The first-order valence-corrected chi connectivity index (χ1v) is 6.69. The zero-order chi connectivity index (χ0) is 13.8. The van der Waals surface area contributed by atoms with Gasteiger partial charge in [-0.2, -0.15) is 0 Å². The molecule has 2 N–H and O–H groups in total. The first-order valence-electron chi connectivity index (χ1n) is 6.69. The van der Waals surface area contributed by atoms with E-state index in [0.717, 1.165) is 16.8 Å². The van der Waals surface area contributed by atoms with Crippen LogP contribution >= 0.6 is 0 Å². The predicted octanol–water partition coefficient (Wildman–Crippen LogP) is 3.87. The Bertz CT molecular complexity index is 691. The molecule has 0 saturated heterocycles. The summed E-state index contributed by atoms with van der Waals surface area (Å²) in [5, 5.41) is 0. The van der Waals surface area contributed by atoms with E-state index < -0.39 is 0 Å². The fourth-order valence-electron chi connectivity index (χ4n) is 2.45. The second kappa shape index (κ2) is 5.68. The molecule has 0 atom stereocenters.